The summed E-state index contributed by atoms with van der Waals surface area (Å²) < 4.78 is 0. The molecule has 1 aromatic heterocycles. The largest absolute Gasteiger partial charge is 0.354 e. The molecule has 7 nitrogen and oxygen atoms in total. The van der Waals surface area contributed by atoms with Gasteiger partial charge in [-0.2, -0.15) is 15.0 Å². The Kier molecular flexibility index (Phi) is 6.61. The lowest BCUT2D eigenvalue weighted by Crippen LogP contribution is -2.41. The van der Waals surface area contributed by atoms with Crippen LogP contribution < -0.4 is 15.1 Å². The quantitative estimate of drug-likeness (QED) is 0.772. The molecule has 1 aromatic rings. The molecule has 0 spiro atoms. The van der Waals surface area contributed by atoms with E-state index in [4.69, 9.17) is 0 Å². The average molecular weight is 295 g/mol. The molecule has 0 radical (unpaired) electrons. The van der Waals surface area contributed by atoms with Crippen LogP contribution in [-0.4, -0.2) is 73.7 Å². The summed E-state index contributed by atoms with van der Waals surface area (Å²) in [5, 5.41) is 3.18. The second-order valence-electron chi connectivity index (χ2n) is 5.58. The van der Waals surface area contributed by atoms with E-state index >= 15 is 0 Å². The summed E-state index contributed by atoms with van der Waals surface area (Å²) in [6, 6.07) is 0.330. The van der Waals surface area contributed by atoms with Crippen LogP contribution in [0.2, 0.25) is 0 Å². The first kappa shape index (κ1) is 17.4. The molecule has 0 aromatic carbocycles. The van der Waals surface area contributed by atoms with Crippen molar-refractivity contribution in [1.29, 1.82) is 0 Å². The number of hydrogen-bond donors (Lipinski definition) is 1. The number of rotatable bonds is 8. The summed E-state index contributed by atoms with van der Waals surface area (Å²) in [4.78, 5) is 19.8. The lowest BCUT2D eigenvalue weighted by atomic mass is 10.3. The predicted molar refractivity (Wildman–Crippen MR) is 89.4 cm³/mol. The van der Waals surface area contributed by atoms with Crippen LogP contribution in [0.4, 0.5) is 17.8 Å². The highest BCUT2D eigenvalue weighted by molar-refractivity contribution is 5.45. The summed E-state index contributed by atoms with van der Waals surface area (Å²) in [5.41, 5.74) is 0. The van der Waals surface area contributed by atoms with Gasteiger partial charge in [0.15, 0.2) is 0 Å². The third kappa shape index (κ3) is 5.00. The van der Waals surface area contributed by atoms with Crippen molar-refractivity contribution >= 4 is 17.8 Å². The summed E-state index contributed by atoms with van der Waals surface area (Å²) in [6.07, 6.45) is 0. The molecule has 1 atom stereocenters. The van der Waals surface area contributed by atoms with E-state index in [1.165, 1.54) is 0 Å². The van der Waals surface area contributed by atoms with Gasteiger partial charge in [-0.25, -0.2) is 0 Å². The summed E-state index contributed by atoms with van der Waals surface area (Å²) in [5.74, 6) is 2.02. The predicted octanol–water partition coefficient (Wildman–Crippen LogP) is 1.15. The molecule has 0 aliphatic carbocycles. The molecule has 0 saturated heterocycles. The Labute approximate surface area is 128 Å². The molecule has 0 bridgehead atoms. The number of aromatic nitrogens is 3. The Balaban J connectivity index is 3.12. The Hall–Kier alpha value is -1.63. The van der Waals surface area contributed by atoms with Gasteiger partial charge in [0, 0.05) is 39.8 Å². The van der Waals surface area contributed by atoms with Crippen molar-refractivity contribution in [3.05, 3.63) is 0 Å². The number of nitrogens with one attached hydrogen (secondary N) is 1. The van der Waals surface area contributed by atoms with Gasteiger partial charge in [-0.3, -0.25) is 0 Å². The van der Waals surface area contributed by atoms with Crippen molar-refractivity contribution in [2.75, 3.05) is 62.9 Å². The van der Waals surface area contributed by atoms with Crippen molar-refractivity contribution in [2.24, 2.45) is 0 Å². The molecule has 0 amide bonds. The number of nitrogens with zero attached hydrogens (tertiary/aromatic N) is 6. The van der Waals surface area contributed by atoms with Crippen LogP contribution in [0, 0.1) is 0 Å². The van der Waals surface area contributed by atoms with Gasteiger partial charge in [-0.05, 0) is 34.9 Å². The summed E-state index contributed by atoms with van der Waals surface area (Å²) >= 11 is 0. The number of hydrogen-bond acceptors (Lipinski definition) is 7. The summed E-state index contributed by atoms with van der Waals surface area (Å²) in [6.45, 7) is 8.94. The third-order valence-electron chi connectivity index (χ3n) is 3.11. The van der Waals surface area contributed by atoms with Crippen LogP contribution in [0.15, 0.2) is 0 Å². The Morgan fingerprint density at radius 1 is 1.00 bits per heavy atom. The first-order valence-corrected chi connectivity index (χ1v) is 7.47. The van der Waals surface area contributed by atoms with Crippen LogP contribution in [0.25, 0.3) is 0 Å². The Bertz CT molecular complexity index is 433. The molecule has 21 heavy (non-hydrogen) atoms. The van der Waals surface area contributed by atoms with Gasteiger partial charge >= 0.3 is 0 Å². The number of anilines is 3. The van der Waals surface area contributed by atoms with Crippen molar-refractivity contribution < 1.29 is 0 Å². The monoisotopic (exact) mass is 295 g/mol. The van der Waals surface area contributed by atoms with Crippen molar-refractivity contribution in [1.82, 2.24) is 19.9 Å². The summed E-state index contributed by atoms with van der Waals surface area (Å²) in [7, 11) is 8.03. The fourth-order valence-electron chi connectivity index (χ4n) is 2.20. The Morgan fingerprint density at radius 3 is 2.10 bits per heavy atom. The number of likely N-dealkylation sites (N-methyl/N-ethyl adjacent to an activating group) is 2. The van der Waals surface area contributed by atoms with Crippen LogP contribution in [0.5, 0.6) is 0 Å². The van der Waals surface area contributed by atoms with Crippen molar-refractivity contribution in [2.45, 2.75) is 26.8 Å². The minimum Gasteiger partial charge on any atom is -0.354 e. The minimum atomic E-state index is 0.330. The molecule has 1 N–H and O–H groups in total. The molecular formula is C14H29N7. The van der Waals surface area contributed by atoms with Crippen LogP contribution in [0.1, 0.15) is 20.8 Å². The zero-order valence-electron chi connectivity index (χ0n) is 14.4. The molecule has 0 aliphatic heterocycles. The SMILES string of the molecule is CCNc1nc(N(C)C)nc(N(CC)C(C)CN(C)C)n1. The van der Waals surface area contributed by atoms with E-state index in [1.54, 1.807) is 0 Å². The van der Waals surface area contributed by atoms with E-state index in [1.807, 2.05) is 25.9 Å². The second kappa shape index (κ2) is 7.97. The molecular weight excluding hydrogens is 266 g/mol. The maximum Gasteiger partial charge on any atom is 0.232 e. The standard InChI is InChI=1S/C14H29N7/c1-8-15-12-16-13(20(6)7)18-14(17-12)21(9-2)11(3)10-19(4)5/h11H,8-10H2,1-7H3,(H,15,16,17,18). The highest BCUT2D eigenvalue weighted by Crippen LogP contribution is 2.17. The maximum absolute atomic E-state index is 4.59. The average Bonchev–Trinajstić information content (AvgIpc) is 2.38. The molecule has 120 valence electrons. The molecule has 0 saturated carbocycles. The van der Waals surface area contributed by atoms with Crippen LogP contribution in [0.3, 0.4) is 0 Å². The molecule has 1 rings (SSSR count). The molecule has 1 unspecified atom stereocenters. The molecule has 7 heteroatoms. The highest BCUT2D eigenvalue weighted by Gasteiger charge is 2.18. The molecule has 1 heterocycles. The zero-order valence-corrected chi connectivity index (χ0v) is 14.4. The van der Waals surface area contributed by atoms with Crippen molar-refractivity contribution in [3.8, 4) is 0 Å². The van der Waals surface area contributed by atoms with Gasteiger partial charge in [0.2, 0.25) is 17.8 Å². The first-order valence-electron chi connectivity index (χ1n) is 7.47. The van der Waals surface area contributed by atoms with Crippen LogP contribution in [-0.2, 0) is 0 Å². The zero-order chi connectivity index (χ0) is 16.0. The molecule has 0 fully saturated rings. The third-order valence-corrected chi connectivity index (χ3v) is 3.11. The van der Waals surface area contributed by atoms with Gasteiger partial charge < -0.3 is 20.0 Å². The fraction of sp³-hybridized carbons (Fsp3) is 0.786. The lowest BCUT2D eigenvalue weighted by Gasteiger charge is -2.30. The highest BCUT2D eigenvalue weighted by atomic mass is 15.4. The van der Waals surface area contributed by atoms with E-state index in [9.17, 15) is 0 Å². The fourth-order valence-corrected chi connectivity index (χ4v) is 2.20. The normalized spacial score (nSPS) is 12.4. The second-order valence-corrected chi connectivity index (χ2v) is 5.58. The lowest BCUT2D eigenvalue weighted by molar-refractivity contribution is 0.371. The van der Waals surface area contributed by atoms with Gasteiger partial charge in [0.1, 0.15) is 0 Å². The van der Waals surface area contributed by atoms with Gasteiger partial charge in [0.05, 0.1) is 0 Å². The van der Waals surface area contributed by atoms with E-state index in [0.29, 0.717) is 17.9 Å². The maximum atomic E-state index is 4.59. The van der Waals surface area contributed by atoms with Gasteiger partial charge in [-0.1, -0.05) is 0 Å². The van der Waals surface area contributed by atoms with Gasteiger partial charge in [-0.15, -0.1) is 0 Å². The minimum absolute atomic E-state index is 0.330. The van der Waals surface area contributed by atoms with Crippen molar-refractivity contribution in [3.63, 3.8) is 0 Å². The first-order chi connectivity index (χ1) is 9.88. The topological polar surface area (TPSA) is 60.4 Å². The van der Waals surface area contributed by atoms with Gasteiger partial charge in [0.25, 0.3) is 0 Å². The van der Waals surface area contributed by atoms with Crippen LogP contribution >= 0.6 is 0 Å². The smallest absolute Gasteiger partial charge is 0.232 e. The van der Waals surface area contributed by atoms with E-state index < -0.39 is 0 Å². The molecule has 0 aliphatic rings. The Morgan fingerprint density at radius 2 is 1.62 bits per heavy atom. The van der Waals surface area contributed by atoms with E-state index in [0.717, 1.165) is 25.6 Å². The van der Waals surface area contributed by atoms with E-state index in [2.05, 4.69) is 58.0 Å². The van der Waals surface area contributed by atoms with E-state index in [-0.39, 0.29) is 0 Å².